The molecular weight excluding hydrogens is 530 g/mol. The van der Waals surface area contributed by atoms with Gasteiger partial charge in [-0.1, -0.05) is 42.5 Å². The van der Waals surface area contributed by atoms with E-state index in [0.717, 1.165) is 39.6 Å². The second-order valence-corrected chi connectivity index (χ2v) is 9.99. The topological polar surface area (TPSA) is 88.1 Å². The standard InChI is InChI=1S/C32H32F2N2O5/c1-18-24(33)13-14-25(34)28(18)31(37)35-26(32(38)39)16-19-8-6-10-22-21(19)9-7-11-23(22)29-27(40-4)15-12-20(17-36(2)3)30(29)41-5/h6-15,26H,16-17H2,1-5H3,(H,35,37)(H,38,39)/t26-/m0/s1. The molecule has 4 rings (SSSR count). The number of rotatable bonds is 10. The van der Waals surface area contributed by atoms with Crippen LogP contribution in [-0.2, 0) is 17.8 Å². The van der Waals surface area contributed by atoms with Crippen LogP contribution in [0.3, 0.4) is 0 Å². The van der Waals surface area contributed by atoms with Crippen molar-refractivity contribution in [1.29, 1.82) is 0 Å². The van der Waals surface area contributed by atoms with Gasteiger partial charge in [0.25, 0.3) is 5.91 Å². The molecule has 0 aliphatic rings. The van der Waals surface area contributed by atoms with E-state index in [4.69, 9.17) is 9.47 Å². The lowest BCUT2D eigenvalue weighted by Crippen LogP contribution is -2.43. The molecular formula is C32H32F2N2O5. The van der Waals surface area contributed by atoms with Gasteiger partial charge in [-0.05, 0) is 61.1 Å². The summed E-state index contributed by atoms with van der Waals surface area (Å²) in [7, 11) is 7.13. The molecule has 0 bridgehead atoms. The number of hydrogen-bond donors (Lipinski definition) is 2. The van der Waals surface area contributed by atoms with E-state index in [9.17, 15) is 23.5 Å². The van der Waals surface area contributed by atoms with Gasteiger partial charge in [0.2, 0.25) is 0 Å². The van der Waals surface area contributed by atoms with Crippen molar-refractivity contribution in [2.75, 3.05) is 28.3 Å². The molecule has 41 heavy (non-hydrogen) atoms. The Kier molecular flexibility index (Phi) is 8.88. The van der Waals surface area contributed by atoms with Crippen molar-refractivity contribution < 1.29 is 33.0 Å². The lowest BCUT2D eigenvalue weighted by Gasteiger charge is -2.21. The zero-order valence-electron chi connectivity index (χ0n) is 23.5. The maximum atomic E-state index is 14.4. The molecule has 0 saturated carbocycles. The van der Waals surface area contributed by atoms with E-state index < -0.39 is 35.1 Å². The minimum atomic E-state index is -1.40. The molecule has 9 heteroatoms. The molecule has 1 amide bonds. The third kappa shape index (κ3) is 6.00. The van der Waals surface area contributed by atoms with Crippen LogP contribution in [-0.4, -0.2) is 56.2 Å². The molecule has 0 aliphatic heterocycles. The van der Waals surface area contributed by atoms with Crippen LogP contribution in [0, 0.1) is 18.6 Å². The van der Waals surface area contributed by atoms with Gasteiger partial charge in [-0.3, -0.25) is 4.79 Å². The maximum Gasteiger partial charge on any atom is 0.326 e. The lowest BCUT2D eigenvalue weighted by atomic mass is 9.91. The third-order valence-corrected chi connectivity index (χ3v) is 7.00. The summed E-state index contributed by atoms with van der Waals surface area (Å²) in [4.78, 5) is 27.1. The summed E-state index contributed by atoms with van der Waals surface area (Å²) < 4.78 is 40.0. The molecule has 2 N–H and O–H groups in total. The molecule has 1 atom stereocenters. The highest BCUT2D eigenvalue weighted by Gasteiger charge is 2.26. The van der Waals surface area contributed by atoms with Crippen molar-refractivity contribution in [3.8, 4) is 22.6 Å². The Hall–Kier alpha value is -4.50. The fraction of sp³-hybridized carbons (Fsp3) is 0.250. The van der Waals surface area contributed by atoms with Crippen LogP contribution in [0.1, 0.15) is 27.0 Å². The number of nitrogens with zero attached hydrogens (tertiary/aromatic N) is 1. The van der Waals surface area contributed by atoms with Gasteiger partial charge in [-0.25, -0.2) is 13.6 Å². The first-order chi connectivity index (χ1) is 19.6. The van der Waals surface area contributed by atoms with E-state index in [0.29, 0.717) is 23.6 Å². The predicted octanol–water partition coefficient (Wildman–Crippen LogP) is 5.60. The Morgan fingerprint density at radius 1 is 0.902 bits per heavy atom. The van der Waals surface area contributed by atoms with Gasteiger partial charge in [-0.15, -0.1) is 0 Å². The molecule has 0 aliphatic carbocycles. The van der Waals surface area contributed by atoms with Crippen LogP contribution < -0.4 is 14.8 Å². The monoisotopic (exact) mass is 562 g/mol. The van der Waals surface area contributed by atoms with Gasteiger partial charge in [-0.2, -0.15) is 0 Å². The first-order valence-corrected chi connectivity index (χ1v) is 12.9. The van der Waals surface area contributed by atoms with E-state index in [-0.39, 0.29) is 12.0 Å². The number of benzene rings is 4. The predicted molar refractivity (Wildman–Crippen MR) is 154 cm³/mol. The van der Waals surface area contributed by atoms with Gasteiger partial charge in [0.15, 0.2) is 0 Å². The SMILES string of the molecule is COc1ccc(CN(C)C)c(OC)c1-c1cccc2c(C[C@H](NC(=O)c3c(F)ccc(F)c3C)C(=O)O)cccc12. The average molecular weight is 563 g/mol. The van der Waals surface area contributed by atoms with Crippen molar-refractivity contribution in [2.45, 2.75) is 25.9 Å². The summed E-state index contributed by atoms with van der Waals surface area (Å²) in [6, 6.07) is 15.4. The molecule has 7 nitrogen and oxygen atoms in total. The maximum absolute atomic E-state index is 14.4. The number of carboxylic acids is 1. The number of carboxylic acid groups (broad SMARTS) is 1. The van der Waals surface area contributed by atoms with Crippen molar-refractivity contribution in [3.05, 3.63) is 94.6 Å². The van der Waals surface area contributed by atoms with Crippen molar-refractivity contribution in [2.24, 2.45) is 0 Å². The van der Waals surface area contributed by atoms with Crippen molar-refractivity contribution >= 4 is 22.6 Å². The molecule has 214 valence electrons. The van der Waals surface area contributed by atoms with E-state index in [2.05, 4.69) is 5.32 Å². The van der Waals surface area contributed by atoms with Gasteiger partial charge in [0.05, 0.1) is 25.3 Å². The van der Waals surface area contributed by atoms with Crippen LogP contribution in [0.25, 0.3) is 21.9 Å². The van der Waals surface area contributed by atoms with E-state index in [1.807, 2.05) is 55.4 Å². The molecule has 0 radical (unpaired) electrons. The fourth-order valence-electron chi connectivity index (χ4n) is 5.08. The van der Waals surface area contributed by atoms with Gasteiger partial charge >= 0.3 is 5.97 Å². The summed E-state index contributed by atoms with van der Waals surface area (Å²) >= 11 is 0. The Labute approximate surface area is 237 Å². The van der Waals surface area contributed by atoms with Crippen LogP contribution in [0.2, 0.25) is 0 Å². The van der Waals surface area contributed by atoms with Crippen LogP contribution in [0.15, 0.2) is 60.7 Å². The largest absolute Gasteiger partial charge is 0.496 e. The van der Waals surface area contributed by atoms with Crippen molar-refractivity contribution in [3.63, 3.8) is 0 Å². The summed E-state index contributed by atoms with van der Waals surface area (Å²) in [5.41, 5.74) is 2.49. The van der Waals surface area contributed by atoms with Crippen LogP contribution in [0.4, 0.5) is 8.78 Å². The average Bonchev–Trinajstić information content (AvgIpc) is 2.94. The number of aliphatic carboxylic acids is 1. The van der Waals surface area contributed by atoms with E-state index in [1.165, 1.54) is 6.92 Å². The zero-order chi connectivity index (χ0) is 29.8. The van der Waals surface area contributed by atoms with Gasteiger partial charge in [0.1, 0.15) is 29.2 Å². The normalized spacial score (nSPS) is 11.9. The number of methoxy groups -OCH3 is 2. The molecule has 4 aromatic carbocycles. The Morgan fingerprint density at radius 3 is 2.24 bits per heavy atom. The number of carbonyl (C=O) groups is 2. The molecule has 0 saturated heterocycles. The van der Waals surface area contributed by atoms with Gasteiger partial charge in [0, 0.05) is 24.1 Å². The third-order valence-electron chi connectivity index (χ3n) is 7.00. The smallest absolute Gasteiger partial charge is 0.326 e. The molecule has 0 spiro atoms. The number of hydrogen-bond acceptors (Lipinski definition) is 5. The summed E-state index contributed by atoms with van der Waals surface area (Å²) in [6.45, 7) is 1.91. The number of fused-ring (bicyclic) bond motifs is 1. The molecule has 4 aromatic rings. The fourth-order valence-corrected chi connectivity index (χ4v) is 5.08. The zero-order valence-corrected chi connectivity index (χ0v) is 23.5. The first-order valence-electron chi connectivity index (χ1n) is 12.9. The first kappa shape index (κ1) is 29.5. The number of amides is 1. The Bertz CT molecular complexity index is 1620. The second-order valence-electron chi connectivity index (χ2n) is 9.99. The van der Waals surface area contributed by atoms with Crippen LogP contribution >= 0.6 is 0 Å². The molecule has 0 unspecified atom stereocenters. The molecule has 0 aromatic heterocycles. The highest BCUT2D eigenvalue weighted by molar-refractivity contribution is 6.02. The lowest BCUT2D eigenvalue weighted by molar-refractivity contribution is -0.139. The van der Waals surface area contributed by atoms with Crippen LogP contribution in [0.5, 0.6) is 11.5 Å². The van der Waals surface area contributed by atoms with E-state index >= 15 is 0 Å². The van der Waals surface area contributed by atoms with E-state index in [1.54, 1.807) is 26.4 Å². The Balaban J connectivity index is 1.78. The molecule has 0 heterocycles. The molecule has 0 fully saturated rings. The highest BCUT2D eigenvalue weighted by atomic mass is 19.1. The number of nitrogens with one attached hydrogen (secondary N) is 1. The quantitative estimate of drug-likeness (QED) is 0.262. The minimum Gasteiger partial charge on any atom is -0.496 e. The Morgan fingerprint density at radius 2 is 1.59 bits per heavy atom. The minimum absolute atomic E-state index is 0.0905. The number of carbonyl (C=O) groups excluding carboxylic acids is 1. The van der Waals surface area contributed by atoms with Gasteiger partial charge < -0.3 is 24.8 Å². The number of halogens is 2. The number of ether oxygens (including phenoxy) is 2. The summed E-state index contributed by atoms with van der Waals surface area (Å²) in [5.74, 6) is -2.71. The van der Waals surface area contributed by atoms with Crippen molar-refractivity contribution in [1.82, 2.24) is 10.2 Å². The summed E-state index contributed by atoms with van der Waals surface area (Å²) in [6.07, 6.45) is -0.0905. The summed E-state index contributed by atoms with van der Waals surface area (Å²) in [5, 5.41) is 13.9. The second kappa shape index (κ2) is 12.3. The highest BCUT2D eigenvalue weighted by Crippen LogP contribution is 2.44.